The van der Waals surface area contributed by atoms with Crippen LogP contribution in [0.1, 0.15) is 18.4 Å². The third kappa shape index (κ3) is 3.55. The van der Waals surface area contributed by atoms with Crippen LogP contribution in [0.15, 0.2) is 6.20 Å². The second kappa shape index (κ2) is 4.74. The molecule has 15 heavy (non-hydrogen) atoms. The molecule has 0 saturated heterocycles. The van der Waals surface area contributed by atoms with Crippen LogP contribution >= 0.6 is 11.3 Å². The molecule has 1 aromatic heterocycles. The third-order valence-electron chi connectivity index (χ3n) is 1.52. The van der Waals surface area contributed by atoms with Gasteiger partial charge in [-0.1, -0.05) is 0 Å². The predicted octanol–water partition coefficient (Wildman–Crippen LogP) is 1.14. The summed E-state index contributed by atoms with van der Waals surface area (Å²) in [6.45, 7) is 1.32. The van der Waals surface area contributed by atoms with Crippen molar-refractivity contribution in [3.8, 4) is 0 Å². The molecule has 0 unspecified atom stereocenters. The van der Waals surface area contributed by atoms with Gasteiger partial charge in [-0.05, 0) is 18.3 Å². The number of carbonyl (C=O) groups is 2. The molecule has 6 nitrogen and oxygen atoms in total. The zero-order chi connectivity index (χ0) is 11.4. The van der Waals surface area contributed by atoms with Crippen LogP contribution in [0.2, 0.25) is 0 Å². The zero-order valence-corrected chi connectivity index (χ0v) is 8.74. The highest BCUT2D eigenvalue weighted by Gasteiger charge is 2.14. The highest BCUT2D eigenvalue weighted by Crippen LogP contribution is 2.21. The maximum atomic E-state index is 11.2. The minimum absolute atomic E-state index is 0.0158. The highest BCUT2D eigenvalue weighted by molar-refractivity contribution is 7.14. The lowest BCUT2D eigenvalue weighted by atomic mass is 10.2. The molecule has 0 aliphatic rings. The van der Waals surface area contributed by atoms with Gasteiger partial charge < -0.3 is 0 Å². The molecular formula is C8H8N2O4S. The number of hydrogen-bond acceptors (Lipinski definition) is 6. The monoisotopic (exact) mass is 228 g/mol. The summed E-state index contributed by atoms with van der Waals surface area (Å²) in [5, 5.41) is 10.6. The summed E-state index contributed by atoms with van der Waals surface area (Å²) in [5.74, 6) is -0.488. The van der Waals surface area contributed by atoms with E-state index in [0.29, 0.717) is 5.01 Å². The zero-order valence-electron chi connectivity index (χ0n) is 7.93. The van der Waals surface area contributed by atoms with Crippen molar-refractivity contribution >= 4 is 27.9 Å². The second-order valence-electron chi connectivity index (χ2n) is 2.94. The van der Waals surface area contributed by atoms with E-state index in [-0.39, 0.29) is 29.4 Å². The highest BCUT2D eigenvalue weighted by atomic mass is 32.1. The van der Waals surface area contributed by atoms with Gasteiger partial charge >= 0.3 is 5.00 Å². The SMILES string of the molecule is CC(=O)CC(=O)Cc1ncc([N+](=O)[O-])s1. The Labute approximate surface area is 89.1 Å². The largest absolute Gasteiger partial charge is 0.343 e. The topological polar surface area (TPSA) is 90.2 Å². The van der Waals surface area contributed by atoms with E-state index in [0.717, 1.165) is 17.5 Å². The minimum atomic E-state index is -0.559. The average Bonchev–Trinajstić information content (AvgIpc) is 2.50. The third-order valence-corrected chi connectivity index (χ3v) is 2.46. The number of hydrogen-bond donors (Lipinski definition) is 0. The molecular weight excluding hydrogens is 220 g/mol. The maximum absolute atomic E-state index is 11.2. The number of nitro groups is 1. The summed E-state index contributed by atoms with van der Waals surface area (Å²) >= 11 is 0.854. The molecule has 7 heteroatoms. The lowest BCUT2D eigenvalue weighted by Gasteiger charge is -1.92. The van der Waals surface area contributed by atoms with Crippen molar-refractivity contribution in [2.45, 2.75) is 19.8 Å². The Hall–Kier alpha value is -1.63. The van der Waals surface area contributed by atoms with Crippen molar-refractivity contribution in [3.63, 3.8) is 0 Å². The fraction of sp³-hybridized carbons (Fsp3) is 0.375. The van der Waals surface area contributed by atoms with Gasteiger partial charge in [0, 0.05) is 0 Å². The smallest absolute Gasteiger partial charge is 0.300 e. The molecule has 0 N–H and O–H groups in total. The Bertz CT molecular complexity index is 413. The van der Waals surface area contributed by atoms with Gasteiger partial charge in [-0.3, -0.25) is 19.7 Å². The van der Waals surface area contributed by atoms with Gasteiger partial charge in [0.2, 0.25) is 0 Å². The Balaban J connectivity index is 2.61. The molecule has 0 aromatic carbocycles. The maximum Gasteiger partial charge on any atom is 0.343 e. The average molecular weight is 228 g/mol. The predicted molar refractivity (Wildman–Crippen MR) is 52.8 cm³/mol. The van der Waals surface area contributed by atoms with Crippen molar-refractivity contribution in [2.75, 3.05) is 0 Å². The number of ketones is 2. The standard InChI is InChI=1S/C8H8N2O4S/c1-5(11)2-6(12)3-7-9-4-8(15-7)10(13)14/h4H,2-3H2,1H3. The summed E-state index contributed by atoms with van der Waals surface area (Å²) in [5.41, 5.74) is 0. The first kappa shape index (κ1) is 11.4. The number of nitrogens with zero attached hydrogens (tertiary/aromatic N) is 2. The van der Waals surface area contributed by atoms with Gasteiger partial charge in [0.25, 0.3) is 0 Å². The van der Waals surface area contributed by atoms with Gasteiger partial charge in [0.05, 0.1) is 17.8 Å². The van der Waals surface area contributed by atoms with E-state index >= 15 is 0 Å². The number of carbonyl (C=O) groups excluding carboxylic acids is 2. The number of aromatic nitrogens is 1. The Morgan fingerprint density at radius 2 is 2.27 bits per heavy atom. The lowest BCUT2D eigenvalue weighted by Crippen LogP contribution is -2.07. The summed E-state index contributed by atoms with van der Waals surface area (Å²) in [4.78, 5) is 35.3. The van der Waals surface area contributed by atoms with Crippen LogP contribution in [0.25, 0.3) is 0 Å². The molecule has 80 valence electrons. The van der Waals surface area contributed by atoms with E-state index in [9.17, 15) is 19.7 Å². The van der Waals surface area contributed by atoms with Crippen molar-refractivity contribution in [2.24, 2.45) is 0 Å². The molecule has 0 radical (unpaired) electrons. The quantitative estimate of drug-likeness (QED) is 0.428. The molecule has 1 aromatic rings. The molecule has 0 bridgehead atoms. The van der Waals surface area contributed by atoms with E-state index in [1.807, 2.05) is 0 Å². The Morgan fingerprint density at radius 3 is 2.73 bits per heavy atom. The first-order chi connectivity index (χ1) is 6.99. The summed E-state index contributed by atoms with van der Waals surface area (Å²) < 4.78 is 0. The van der Waals surface area contributed by atoms with Crippen molar-refractivity contribution < 1.29 is 14.5 Å². The molecule has 0 fully saturated rings. The van der Waals surface area contributed by atoms with E-state index in [4.69, 9.17) is 0 Å². The van der Waals surface area contributed by atoms with E-state index in [2.05, 4.69) is 4.98 Å². The van der Waals surface area contributed by atoms with Crippen LogP contribution < -0.4 is 0 Å². The molecule has 0 atom stereocenters. The first-order valence-corrected chi connectivity index (χ1v) is 4.91. The van der Waals surface area contributed by atoms with Gasteiger partial charge in [-0.2, -0.15) is 0 Å². The molecule has 0 aliphatic carbocycles. The number of Topliss-reactive ketones (excluding diaryl/α,β-unsaturated/α-hetero) is 2. The van der Waals surface area contributed by atoms with Crippen LogP contribution in [-0.2, 0) is 16.0 Å². The molecule has 0 saturated carbocycles. The molecule has 1 rings (SSSR count). The molecule has 0 amide bonds. The van der Waals surface area contributed by atoms with E-state index < -0.39 is 4.92 Å². The minimum Gasteiger partial charge on any atom is -0.300 e. The van der Waals surface area contributed by atoms with Crippen molar-refractivity contribution in [3.05, 3.63) is 21.3 Å². The van der Waals surface area contributed by atoms with E-state index in [1.54, 1.807) is 0 Å². The van der Waals surface area contributed by atoms with Gasteiger partial charge in [-0.15, -0.1) is 0 Å². The van der Waals surface area contributed by atoms with Crippen LogP contribution in [0, 0.1) is 10.1 Å². The van der Waals surface area contributed by atoms with Gasteiger partial charge in [-0.25, -0.2) is 4.98 Å². The second-order valence-corrected chi connectivity index (χ2v) is 4.04. The van der Waals surface area contributed by atoms with Crippen molar-refractivity contribution in [1.29, 1.82) is 0 Å². The first-order valence-electron chi connectivity index (χ1n) is 4.09. The lowest BCUT2D eigenvalue weighted by molar-refractivity contribution is -0.380. The summed E-state index contributed by atoms with van der Waals surface area (Å²) in [7, 11) is 0. The summed E-state index contributed by atoms with van der Waals surface area (Å²) in [6.07, 6.45) is 0.951. The van der Waals surface area contributed by atoms with Crippen LogP contribution in [0.5, 0.6) is 0 Å². The summed E-state index contributed by atoms with van der Waals surface area (Å²) in [6, 6.07) is 0. The van der Waals surface area contributed by atoms with Gasteiger partial charge in [0.15, 0.2) is 0 Å². The van der Waals surface area contributed by atoms with E-state index in [1.165, 1.54) is 6.92 Å². The molecule has 0 aliphatic heterocycles. The van der Waals surface area contributed by atoms with Crippen LogP contribution in [-0.4, -0.2) is 21.5 Å². The number of rotatable bonds is 5. The molecule has 1 heterocycles. The Kier molecular flexibility index (Phi) is 3.62. The van der Waals surface area contributed by atoms with Crippen molar-refractivity contribution in [1.82, 2.24) is 4.98 Å². The normalized spacial score (nSPS) is 9.93. The van der Waals surface area contributed by atoms with Gasteiger partial charge in [0.1, 0.15) is 22.8 Å². The Morgan fingerprint density at radius 1 is 1.60 bits per heavy atom. The van der Waals surface area contributed by atoms with Crippen LogP contribution in [0.4, 0.5) is 5.00 Å². The molecule has 0 spiro atoms. The fourth-order valence-corrected chi connectivity index (χ4v) is 1.74. The van der Waals surface area contributed by atoms with Crippen LogP contribution in [0.3, 0.4) is 0 Å². The number of thiazole rings is 1. The fourth-order valence-electron chi connectivity index (χ4n) is 0.976.